The second-order valence-electron chi connectivity index (χ2n) is 9.42. The molecule has 5 heteroatoms. The number of fused-ring (bicyclic) bond motifs is 2. The predicted molar refractivity (Wildman–Crippen MR) is 99.8 cm³/mol. The summed E-state index contributed by atoms with van der Waals surface area (Å²) in [7, 11) is 1.93. The van der Waals surface area contributed by atoms with E-state index >= 15 is 0 Å². The number of nitrogens with zero attached hydrogens (tertiary/aromatic N) is 2. The number of rotatable bonds is 2. The summed E-state index contributed by atoms with van der Waals surface area (Å²) in [5, 5.41) is 3.86. The molecule has 0 aromatic heterocycles. The van der Waals surface area contributed by atoms with Gasteiger partial charge in [-0.1, -0.05) is 6.42 Å². The van der Waals surface area contributed by atoms with Crippen LogP contribution in [-0.4, -0.2) is 61.5 Å². The van der Waals surface area contributed by atoms with Crippen molar-refractivity contribution in [3.63, 3.8) is 0 Å². The van der Waals surface area contributed by atoms with E-state index < -0.39 is 0 Å². The Kier molecular flexibility index (Phi) is 4.52. The fourth-order valence-corrected chi connectivity index (χ4v) is 5.58. The lowest BCUT2D eigenvalue weighted by Gasteiger charge is -2.63. The molecule has 3 unspecified atom stereocenters. The van der Waals surface area contributed by atoms with E-state index in [1.807, 2.05) is 7.05 Å². The largest absolute Gasteiger partial charge is 0.377 e. The smallest absolute Gasteiger partial charge is 0.193 e. The Morgan fingerprint density at radius 1 is 1.20 bits per heavy atom. The van der Waals surface area contributed by atoms with Crippen molar-refractivity contribution in [2.24, 2.45) is 16.3 Å². The lowest BCUT2D eigenvalue weighted by atomic mass is 9.46. The van der Waals surface area contributed by atoms with Crippen LogP contribution in [-0.2, 0) is 9.47 Å². The number of hydrogen-bond donors (Lipinski definition) is 1. The molecule has 2 aliphatic heterocycles. The van der Waals surface area contributed by atoms with Crippen LogP contribution in [0.5, 0.6) is 0 Å². The Labute approximate surface area is 152 Å². The van der Waals surface area contributed by atoms with Gasteiger partial charge in [0, 0.05) is 44.1 Å². The second-order valence-corrected chi connectivity index (χ2v) is 9.42. The van der Waals surface area contributed by atoms with Gasteiger partial charge in [-0.25, -0.2) is 0 Å². The molecule has 0 bridgehead atoms. The van der Waals surface area contributed by atoms with Gasteiger partial charge in [-0.3, -0.25) is 4.99 Å². The van der Waals surface area contributed by atoms with E-state index in [0.717, 1.165) is 38.5 Å². The first-order chi connectivity index (χ1) is 11.9. The van der Waals surface area contributed by atoms with E-state index in [9.17, 15) is 0 Å². The van der Waals surface area contributed by atoms with Gasteiger partial charge in [0.25, 0.3) is 0 Å². The number of likely N-dealkylation sites (tertiary alicyclic amines) is 1. The normalized spacial score (nSPS) is 35.3. The summed E-state index contributed by atoms with van der Waals surface area (Å²) in [6.07, 6.45) is 8.29. The molecular weight excluding hydrogens is 314 g/mol. The van der Waals surface area contributed by atoms with Crippen molar-refractivity contribution >= 4 is 5.96 Å². The summed E-state index contributed by atoms with van der Waals surface area (Å²) >= 11 is 0. The molecule has 1 N–H and O–H groups in total. The highest BCUT2D eigenvalue weighted by atomic mass is 16.5. The van der Waals surface area contributed by atoms with Crippen molar-refractivity contribution in [2.45, 2.75) is 83.1 Å². The topological polar surface area (TPSA) is 46.1 Å². The number of hydrogen-bond acceptors (Lipinski definition) is 3. The highest BCUT2D eigenvalue weighted by molar-refractivity contribution is 5.80. The van der Waals surface area contributed by atoms with Crippen LogP contribution >= 0.6 is 0 Å². The Bertz CT molecular complexity index is 516. The van der Waals surface area contributed by atoms with Crippen molar-refractivity contribution in [2.75, 3.05) is 26.7 Å². The number of piperidine rings is 1. The summed E-state index contributed by atoms with van der Waals surface area (Å²) < 4.78 is 12.2. The zero-order valence-electron chi connectivity index (χ0n) is 16.4. The van der Waals surface area contributed by atoms with Crippen LogP contribution in [0.4, 0.5) is 0 Å². The molecule has 142 valence electrons. The average molecular weight is 350 g/mol. The number of ether oxygens (including phenoxy) is 2. The molecule has 25 heavy (non-hydrogen) atoms. The van der Waals surface area contributed by atoms with Gasteiger partial charge in [-0.15, -0.1) is 0 Å². The summed E-state index contributed by atoms with van der Waals surface area (Å²) in [5.41, 5.74) is 0.359. The molecule has 0 aromatic carbocycles. The van der Waals surface area contributed by atoms with Crippen molar-refractivity contribution in [3.8, 4) is 0 Å². The third-order valence-corrected chi connectivity index (χ3v) is 6.79. The van der Waals surface area contributed by atoms with Crippen LogP contribution in [0.15, 0.2) is 4.99 Å². The zero-order chi connectivity index (χ0) is 17.7. The van der Waals surface area contributed by atoms with Crippen LogP contribution in [0.1, 0.15) is 59.3 Å². The third kappa shape index (κ3) is 3.08. The van der Waals surface area contributed by atoms with Gasteiger partial charge >= 0.3 is 0 Å². The Morgan fingerprint density at radius 2 is 1.92 bits per heavy atom. The fraction of sp³-hybridized carbons (Fsp3) is 0.950. The molecule has 1 spiro atoms. The Balaban J connectivity index is 1.35. The number of aliphatic imine (C=N–C) groups is 1. The van der Waals surface area contributed by atoms with Gasteiger partial charge in [-0.2, -0.15) is 0 Å². The first kappa shape index (κ1) is 17.6. The van der Waals surface area contributed by atoms with Crippen LogP contribution < -0.4 is 5.32 Å². The molecule has 3 atom stereocenters. The molecule has 4 aliphatic rings. The zero-order valence-corrected chi connectivity index (χ0v) is 16.4. The van der Waals surface area contributed by atoms with Gasteiger partial charge < -0.3 is 19.7 Å². The number of guanidine groups is 1. The minimum Gasteiger partial charge on any atom is -0.377 e. The lowest BCUT2D eigenvalue weighted by Crippen LogP contribution is -2.72. The first-order valence-electron chi connectivity index (χ1n) is 10.2. The molecule has 5 nitrogen and oxygen atoms in total. The molecule has 4 fully saturated rings. The standard InChI is InChI=1S/C20H35N3O2/c1-19(2,3)25-14-6-11-23(12-7-14)18(21-4)22-16-15-8-13-24-17(15)20(16)9-5-10-20/h14-17H,5-13H2,1-4H3,(H,21,22). The van der Waals surface area contributed by atoms with E-state index in [4.69, 9.17) is 9.47 Å². The highest BCUT2D eigenvalue weighted by Crippen LogP contribution is 2.62. The van der Waals surface area contributed by atoms with Crippen molar-refractivity contribution < 1.29 is 9.47 Å². The second kappa shape index (κ2) is 6.41. The maximum atomic E-state index is 6.17. The molecule has 0 amide bonds. The molecule has 2 saturated heterocycles. The van der Waals surface area contributed by atoms with Crippen molar-refractivity contribution in [3.05, 3.63) is 0 Å². The van der Waals surface area contributed by atoms with E-state index in [2.05, 4.69) is 36.0 Å². The van der Waals surface area contributed by atoms with Gasteiger partial charge in [0.1, 0.15) is 0 Å². The Hall–Kier alpha value is -0.810. The van der Waals surface area contributed by atoms with Crippen LogP contribution in [0.2, 0.25) is 0 Å². The van der Waals surface area contributed by atoms with E-state index in [1.165, 1.54) is 25.7 Å². The highest BCUT2D eigenvalue weighted by Gasteiger charge is 2.66. The minimum absolute atomic E-state index is 0.0488. The van der Waals surface area contributed by atoms with E-state index in [-0.39, 0.29) is 5.60 Å². The Morgan fingerprint density at radius 3 is 2.48 bits per heavy atom. The van der Waals surface area contributed by atoms with E-state index in [1.54, 1.807) is 0 Å². The quantitative estimate of drug-likeness (QED) is 0.615. The first-order valence-corrected chi connectivity index (χ1v) is 10.2. The van der Waals surface area contributed by atoms with Crippen LogP contribution in [0.25, 0.3) is 0 Å². The molecule has 2 heterocycles. The maximum Gasteiger partial charge on any atom is 0.193 e. The van der Waals surface area contributed by atoms with Crippen LogP contribution in [0.3, 0.4) is 0 Å². The average Bonchev–Trinajstić information content (AvgIpc) is 2.91. The third-order valence-electron chi connectivity index (χ3n) is 6.79. The summed E-state index contributed by atoms with van der Waals surface area (Å²) in [4.78, 5) is 7.05. The fourth-order valence-electron chi connectivity index (χ4n) is 5.58. The molecule has 0 aromatic rings. The summed E-state index contributed by atoms with van der Waals surface area (Å²) in [5.74, 6) is 1.79. The lowest BCUT2D eigenvalue weighted by molar-refractivity contribution is -0.171. The van der Waals surface area contributed by atoms with Gasteiger partial charge in [0.05, 0.1) is 17.8 Å². The minimum atomic E-state index is -0.0488. The number of nitrogens with one attached hydrogen (secondary N) is 1. The van der Waals surface area contributed by atoms with Crippen molar-refractivity contribution in [1.82, 2.24) is 10.2 Å². The molecule has 4 rings (SSSR count). The monoisotopic (exact) mass is 349 g/mol. The summed E-state index contributed by atoms with van der Waals surface area (Å²) in [6.45, 7) is 9.46. The SMILES string of the molecule is CN=C(NC1C2CCOC2C12CCC2)N1CCC(OC(C)(C)C)CC1. The van der Waals surface area contributed by atoms with E-state index in [0.29, 0.717) is 29.6 Å². The van der Waals surface area contributed by atoms with Crippen molar-refractivity contribution in [1.29, 1.82) is 0 Å². The predicted octanol–water partition coefficient (Wildman–Crippen LogP) is 2.80. The van der Waals surface area contributed by atoms with Crippen LogP contribution in [0, 0.1) is 11.3 Å². The van der Waals surface area contributed by atoms with Gasteiger partial charge in [-0.05, 0) is 52.9 Å². The molecule has 2 aliphatic carbocycles. The molecule has 0 radical (unpaired) electrons. The maximum absolute atomic E-state index is 6.17. The van der Waals surface area contributed by atoms with Gasteiger partial charge in [0.2, 0.25) is 0 Å². The van der Waals surface area contributed by atoms with Gasteiger partial charge in [0.15, 0.2) is 5.96 Å². The molecule has 2 saturated carbocycles. The molecular formula is C20H35N3O2. The summed E-state index contributed by atoms with van der Waals surface area (Å²) in [6, 6.07) is 0.566.